The van der Waals surface area contributed by atoms with E-state index in [2.05, 4.69) is 26.1 Å². The van der Waals surface area contributed by atoms with Gasteiger partial charge in [-0.2, -0.15) is 4.31 Å². The standard InChI is InChI=1S/C23H34N2O4S/c1-15-12-17(13-19(16(15)2)30(27,28)25-8-10-29-11-9-25)20(26)24-21-22(3,4)18-6-7-23(21,5)14-18/h12-13,18,21H,6-11,14H2,1-5H3,(H,24,26)/t18-,21?,23?/m1/s1. The molecule has 2 unspecified atom stereocenters. The van der Waals surface area contributed by atoms with Crippen molar-refractivity contribution in [1.29, 1.82) is 0 Å². The molecule has 3 atom stereocenters. The lowest BCUT2D eigenvalue weighted by molar-refractivity contribution is 0.0728. The van der Waals surface area contributed by atoms with Gasteiger partial charge in [-0.25, -0.2) is 8.42 Å². The lowest BCUT2D eigenvalue weighted by Gasteiger charge is -2.43. The Kier molecular flexibility index (Phi) is 5.31. The van der Waals surface area contributed by atoms with Crippen LogP contribution in [0, 0.1) is 30.6 Å². The number of amides is 1. The monoisotopic (exact) mass is 434 g/mol. The van der Waals surface area contributed by atoms with Crippen LogP contribution in [-0.4, -0.2) is 51.0 Å². The second-order valence-corrected chi connectivity index (χ2v) is 12.2. The molecule has 166 valence electrons. The van der Waals surface area contributed by atoms with E-state index in [0.717, 1.165) is 18.4 Å². The Morgan fingerprint density at radius 2 is 1.83 bits per heavy atom. The Labute approximate surface area is 180 Å². The highest BCUT2D eigenvalue weighted by molar-refractivity contribution is 7.89. The maximum atomic E-state index is 13.3. The zero-order valence-corrected chi connectivity index (χ0v) is 19.6. The highest BCUT2D eigenvalue weighted by Gasteiger charge is 2.59. The summed E-state index contributed by atoms with van der Waals surface area (Å²) in [4.78, 5) is 13.5. The van der Waals surface area contributed by atoms with Crippen molar-refractivity contribution in [3.63, 3.8) is 0 Å². The van der Waals surface area contributed by atoms with Crippen molar-refractivity contribution in [2.75, 3.05) is 26.3 Å². The maximum absolute atomic E-state index is 13.3. The number of nitrogens with one attached hydrogen (secondary N) is 1. The van der Waals surface area contributed by atoms with Crippen LogP contribution in [0.4, 0.5) is 0 Å². The molecule has 6 nitrogen and oxygen atoms in total. The minimum atomic E-state index is -3.67. The van der Waals surface area contributed by atoms with Gasteiger partial charge in [0, 0.05) is 24.7 Å². The highest BCUT2D eigenvalue weighted by Crippen LogP contribution is 2.62. The summed E-state index contributed by atoms with van der Waals surface area (Å²) >= 11 is 0. The summed E-state index contributed by atoms with van der Waals surface area (Å²) in [6, 6.07) is 3.47. The molecule has 0 radical (unpaired) electrons. The molecule has 1 aromatic carbocycles. The van der Waals surface area contributed by atoms with Crippen LogP contribution in [0.3, 0.4) is 0 Å². The van der Waals surface area contributed by atoms with Gasteiger partial charge in [0.05, 0.1) is 18.1 Å². The van der Waals surface area contributed by atoms with Gasteiger partial charge in [-0.1, -0.05) is 20.8 Å². The number of carbonyl (C=O) groups excluding carboxylic acids is 1. The number of fused-ring (bicyclic) bond motifs is 2. The molecular weight excluding hydrogens is 400 g/mol. The zero-order valence-electron chi connectivity index (χ0n) is 18.7. The largest absolute Gasteiger partial charge is 0.379 e. The third-order valence-electron chi connectivity index (χ3n) is 8.01. The normalized spacial score (nSPS) is 31.1. The van der Waals surface area contributed by atoms with Crippen LogP contribution in [0.2, 0.25) is 0 Å². The summed E-state index contributed by atoms with van der Waals surface area (Å²) in [7, 11) is -3.67. The number of benzene rings is 1. The molecule has 3 fully saturated rings. The van der Waals surface area contributed by atoms with Crippen LogP contribution >= 0.6 is 0 Å². The second kappa shape index (κ2) is 7.31. The predicted molar refractivity (Wildman–Crippen MR) is 116 cm³/mol. The predicted octanol–water partition coefficient (Wildman–Crippen LogP) is 3.27. The summed E-state index contributed by atoms with van der Waals surface area (Å²) in [5.74, 6) is 0.452. The Morgan fingerprint density at radius 3 is 2.43 bits per heavy atom. The SMILES string of the molecule is Cc1cc(C(=O)NC2C3(C)CC[C@H](C3)C2(C)C)cc(S(=O)(=O)N2CCOCC2)c1C. The van der Waals surface area contributed by atoms with Gasteiger partial charge in [0.2, 0.25) is 10.0 Å². The van der Waals surface area contributed by atoms with Crippen LogP contribution in [0.1, 0.15) is 61.5 Å². The van der Waals surface area contributed by atoms with Gasteiger partial charge in [-0.05, 0) is 73.1 Å². The Morgan fingerprint density at radius 1 is 1.17 bits per heavy atom. The molecule has 2 saturated carbocycles. The van der Waals surface area contributed by atoms with Crippen LogP contribution < -0.4 is 5.32 Å². The van der Waals surface area contributed by atoms with Gasteiger partial charge in [0.15, 0.2) is 0 Å². The summed E-state index contributed by atoms with van der Waals surface area (Å²) in [5, 5.41) is 3.29. The van der Waals surface area contributed by atoms with Crippen LogP contribution in [0.25, 0.3) is 0 Å². The van der Waals surface area contributed by atoms with E-state index in [9.17, 15) is 13.2 Å². The summed E-state index contributed by atoms with van der Waals surface area (Å²) in [6.45, 7) is 11.9. The third kappa shape index (κ3) is 3.39. The quantitative estimate of drug-likeness (QED) is 0.789. The number of sulfonamides is 1. The molecule has 1 heterocycles. The summed E-state index contributed by atoms with van der Waals surface area (Å²) in [5.41, 5.74) is 2.10. The summed E-state index contributed by atoms with van der Waals surface area (Å²) < 4.78 is 33.3. The first-order valence-corrected chi connectivity index (χ1v) is 12.4. The van der Waals surface area contributed by atoms with Gasteiger partial charge in [0.1, 0.15) is 0 Å². The fourth-order valence-electron chi connectivity index (χ4n) is 6.03. The number of hydrogen-bond donors (Lipinski definition) is 1. The first-order chi connectivity index (χ1) is 14.0. The van der Waals surface area contributed by atoms with Gasteiger partial charge < -0.3 is 10.1 Å². The average Bonchev–Trinajstić information content (AvgIpc) is 3.18. The second-order valence-electron chi connectivity index (χ2n) is 10.3. The molecule has 3 aliphatic rings. The van der Waals surface area contributed by atoms with Gasteiger partial charge in [0.25, 0.3) is 5.91 Å². The molecule has 2 bridgehead atoms. The van der Waals surface area contributed by atoms with E-state index >= 15 is 0 Å². The Hall–Kier alpha value is -1.44. The van der Waals surface area contributed by atoms with Crippen molar-refractivity contribution < 1.29 is 17.9 Å². The molecule has 4 rings (SSSR count). The summed E-state index contributed by atoms with van der Waals surface area (Å²) in [6.07, 6.45) is 3.51. The van der Waals surface area contributed by atoms with Gasteiger partial charge >= 0.3 is 0 Å². The number of ether oxygens (including phenoxy) is 1. The minimum Gasteiger partial charge on any atom is -0.379 e. The van der Waals surface area contributed by atoms with E-state index in [-0.39, 0.29) is 27.7 Å². The molecule has 30 heavy (non-hydrogen) atoms. The van der Waals surface area contributed by atoms with E-state index in [1.54, 1.807) is 6.07 Å². The highest BCUT2D eigenvalue weighted by atomic mass is 32.2. The fraction of sp³-hybridized carbons (Fsp3) is 0.696. The van der Waals surface area contributed by atoms with Crippen LogP contribution in [0.15, 0.2) is 17.0 Å². The number of nitrogens with zero attached hydrogens (tertiary/aromatic N) is 1. The maximum Gasteiger partial charge on any atom is 0.251 e. The molecule has 1 aliphatic heterocycles. The lowest BCUT2D eigenvalue weighted by Crippen LogP contribution is -2.52. The average molecular weight is 435 g/mol. The molecule has 1 saturated heterocycles. The van der Waals surface area contributed by atoms with Crippen LogP contribution in [-0.2, 0) is 14.8 Å². The molecule has 2 aliphatic carbocycles. The van der Waals surface area contributed by atoms with Gasteiger partial charge in [-0.3, -0.25) is 4.79 Å². The molecule has 1 aromatic rings. The lowest BCUT2D eigenvalue weighted by atomic mass is 9.68. The van der Waals surface area contributed by atoms with E-state index in [1.807, 2.05) is 19.9 Å². The zero-order chi connectivity index (χ0) is 21.9. The van der Waals surface area contributed by atoms with E-state index in [4.69, 9.17) is 4.74 Å². The Bertz CT molecular complexity index is 961. The van der Waals surface area contributed by atoms with E-state index in [0.29, 0.717) is 43.3 Å². The molecule has 0 aromatic heterocycles. The molecule has 1 amide bonds. The van der Waals surface area contributed by atoms with Crippen molar-refractivity contribution in [1.82, 2.24) is 9.62 Å². The molecular formula is C23H34N2O4S. The van der Waals surface area contributed by atoms with Gasteiger partial charge in [-0.15, -0.1) is 0 Å². The number of carbonyl (C=O) groups is 1. The number of aryl methyl sites for hydroxylation is 1. The fourth-order valence-corrected chi connectivity index (χ4v) is 7.76. The minimum absolute atomic E-state index is 0.0467. The van der Waals surface area contributed by atoms with Crippen molar-refractivity contribution in [2.45, 2.75) is 64.8 Å². The van der Waals surface area contributed by atoms with Crippen molar-refractivity contribution in [3.8, 4) is 0 Å². The van der Waals surface area contributed by atoms with Crippen molar-refractivity contribution in [2.24, 2.45) is 16.7 Å². The first-order valence-electron chi connectivity index (χ1n) is 11.0. The first kappa shape index (κ1) is 21.8. The third-order valence-corrected chi connectivity index (χ3v) is 10.0. The molecule has 7 heteroatoms. The van der Waals surface area contributed by atoms with Crippen LogP contribution in [0.5, 0.6) is 0 Å². The topological polar surface area (TPSA) is 75.7 Å². The number of rotatable bonds is 4. The number of hydrogen-bond acceptors (Lipinski definition) is 4. The smallest absolute Gasteiger partial charge is 0.251 e. The van der Waals surface area contributed by atoms with Crippen molar-refractivity contribution >= 4 is 15.9 Å². The molecule has 0 spiro atoms. The van der Waals surface area contributed by atoms with E-state index in [1.165, 1.54) is 10.7 Å². The number of morpholine rings is 1. The van der Waals surface area contributed by atoms with E-state index < -0.39 is 10.0 Å². The Balaban J connectivity index is 1.65. The molecule has 1 N–H and O–H groups in total. The van der Waals surface area contributed by atoms with Crippen molar-refractivity contribution in [3.05, 3.63) is 28.8 Å².